The molecule has 3 heterocycles. The summed E-state index contributed by atoms with van der Waals surface area (Å²) in [4.78, 5) is 14.3. The first-order chi connectivity index (χ1) is 15.7. The topological polar surface area (TPSA) is 67.3 Å². The van der Waals surface area contributed by atoms with Gasteiger partial charge in [0.05, 0.1) is 16.1 Å². The van der Waals surface area contributed by atoms with E-state index in [1.807, 2.05) is 24.3 Å². The van der Waals surface area contributed by atoms with Crippen molar-refractivity contribution < 1.29 is 0 Å². The molecule has 162 valence electrons. The van der Waals surface area contributed by atoms with E-state index in [2.05, 4.69) is 40.3 Å². The lowest BCUT2D eigenvalue weighted by atomic mass is 9.58. The first-order valence-electron chi connectivity index (χ1n) is 11.6. The molecule has 3 aliphatic rings. The fourth-order valence-electron chi connectivity index (χ4n) is 5.99. The van der Waals surface area contributed by atoms with Gasteiger partial charge in [-0.05, 0) is 67.9 Å². The van der Waals surface area contributed by atoms with Gasteiger partial charge >= 0.3 is 0 Å². The van der Waals surface area contributed by atoms with E-state index in [-0.39, 0.29) is 0 Å². The Balaban J connectivity index is 1.45. The molecule has 1 N–H and O–H groups in total. The quantitative estimate of drug-likeness (QED) is 0.399. The standard InChI is InChI=1S/C26H26ClN5/c1-15-16-7-9-17(10-8-16)21(15)12-20-13-23(18-5-3-2-4-6-18)30-26(29-20)24-22-11-19(27)14-28-25(22)32-31-24/h2-6,11,13-17,21H,7-10,12H2,1H3,(H,28,31,32)/t15-,16?,17?,21+/m0/s1. The van der Waals surface area contributed by atoms with Crippen LogP contribution in [-0.4, -0.2) is 25.1 Å². The summed E-state index contributed by atoms with van der Waals surface area (Å²) < 4.78 is 0. The minimum atomic E-state index is 0.576. The monoisotopic (exact) mass is 443 g/mol. The zero-order valence-electron chi connectivity index (χ0n) is 18.1. The first kappa shape index (κ1) is 19.9. The number of rotatable bonds is 4. The zero-order valence-corrected chi connectivity index (χ0v) is 18.9. The molecule has 7 rings (SSSR count). The van der Waals surface area contributed by atoms with E-state index >= 15 is 0 Å². The predicted octanol–water partition coefficient (Wildman–Crippen LogP) is 6.35. The van der Waals surface area contributed by atoms with Crippen molar-refractivity contribution in [3.05, 3.63) is 59.4 Å². The Hall–Kier alpha value is -2.79. The molecule has 1 aromatic carbocycles. The minimum Gasteiger partial charge on any atom is -0.272 e. The predicted molar refractivity (Wildman–Crippen MR) is 127 cm³/mol. The van der Waals surface area contributed by atoms with Crippen LogP contribution >= 0.6 is 11.6 Å². The van der Waals surface area contributed by atoms with Crippen LogP contribution in [0.4, 0.5) is 0 Å². The highest BCUT2D eigenvalue weighted by atomic mass is 35.5. The number of hydrogen-bond acceptors (Lipinski definition) is 4. The highest BCUT2D eigenvalue weighted by molar-refractivity contribution is 6.31. The molecule has 4 aromatic rings. The van der Waals surface area contributed by atoms with Crippen molar-refractivity contribution in [2.45, 2.75) is 39.0 Å². The van der Waals surface area contributed by atoms with Crippen molar-refractivity contribution in [1.29, 1.82) is 0 Å². The average molecular weight is 444 g/mol. The van der Waals surface area contributed by atoms with Gasteiger partial charge in [-0.25, -0.2) is 15.0 Å². The van der Waals surface area contributed by atoms with Crippen LogP contribution in [-0.2, 0) is 6.42 Å². The van der Waals surface area contributed by atoms with Crippen LogP contribution in [0.3, 0.4) is 0 Å². The van der Waals surface area contributed by atoms with Crippen molar-refractivity contribution in [2.75, 3.05) is 0 Å². The number of halogens is 1. The Kier molecular flexibility index (Phi) is 4.94. The second kappa shape index (κ2) is 7.96. The average Bonchev–Trinajstić information content (AvgIpc) is 3.25. The summed E-state index contributed by atoms with van der Waals surface area (Å²) in [7, 11) is 0. The summed E-state index contributed by atoms with van der Waals surface area (Å²) in [6.45, 7) is 2.46. The van der Waals surface area contributed by atoms with Gasteiger partial charge in [0, 0.05) is 17.5 Å². The molecule has 2 bridgehead atoms. The van der Waals surface area contributed by atoms with Crippen LogP contribution in [0, 0.1) is 23.7 Å². The van der Waals surface area contributed by atoms with Gasteiger partial charge in [-0.1, -0.05) is 48.9 Å². The fraction of sp³-hybridized carbons (Fsp3) is 0.385. The molecule has 32 heavy (non-hydrogen) atoms. The molecular formula is C26H26ClN5. The van der Waals surface area contributed by atoms with E-state index in [1.165, 1.54) is 25.7 Å². The Morgan fingerprint density at radius 1 is 1.00 bits per heavy atom. The maximum absolute atomic E-state index is 6.23. The largest absolute Gasteiger partial charge is 0.272 e. The van der Waals surface area contributed by atoms with Crippen LogP contribution in [0.2, 0.25) is 5.02 Å². The second-order valence-corrected chi connectivity index (χ2v) is 9.90. The van der Waals surface area contributed by atoms with Crippen LogP contribution in [0.25, 0.3) is 33.8 Å². The molecule has 0 amide bonds. The van der Waals surface area contributed by atoms with E-state index in [4.69, 9.17) is 21.6 Å². The van der Waals surface area contributed by atoms with Crippen molar-refractivity contribution in [2.24, 2.45) is 23.7 Å². The van der Waals surface area contributed by atoms with E-state index in [1.54, 1.807) is 6.20 Å². The van der Waals surface area contributed by atoms with Gasteiger partial charge in [-0.15, -0.1) is 0 Å². The Labute approximate surface area is 192 Å². The van der Waals surface area contributed by atoms with Crippen LogP contribution < -0.4 is 0 Å². The first-order valence-corrected chi connectivity index (χ1v) is 12.0. The molecular weight excluding hydrogens is 418 g/mol. The highest BCUT2D eigenvalue weighted by Crippen LogP contribution is 2.49. The lowest BCUT2D eigenvalue weighted by Crippen LogP contribution is -2.39. The Morgan fingerprint density at radius 2 is 1.78 bits per heavy atom. The molecule has 3 aliphatic carbocycles. The zero-order chi connectivity index (χ0) is 21.7. The third-order valence-corrected chi connectivity index (χ3v) is 7.94. The van der Waals surface area contributed by atoms with E-state index in [0.717, 1.165) is 52.2 Å². The molecule has 0 saturated heterocycles. The number of hydrogen-bond donors (Lipinski definition) is 1. The van der Waals surface area contributed by atoms with Gasteiger partial charge in [0.2, 0.25) is 0 Å². The van der Waals surface area contributed by atoms with E-state index in [9.17, 15) is 0 Å². The SMILES string of the molecule is C[C@H]1C2CCC(CC2)[C@@H]1Cc1cc(-c2ccccc2)nc(-c2[nH]nc3ncc(Cl)cc23)n1. The third kappa shape index (κ3) is 3.49. The molecule has 2 atom stereocenters. The van der Waals surface area contributed by atoms with Gasteiger partial charge in [0.25, 0.3) is 0 Å². The van der Waals surface area contributed by atoms with Crippen LogP contribution in [0.5, 0.6) is 0 Å². The number of fused-ring (bicyclic) bond motifs is 4. The summed E-state index contributed by atoms with van der Waals surface area (Å²) in [5.41, 5.74) is 4.54. The fourth-order valence-corrected chi connectivity index (χ4v) is 6.15. The van der Waals surface area contributed by atoms with Crippen molar-refractivity contribution in [3.63, 3.8) is 0 Å². The smallest absolute Gasteiger partial charge is 0.181 e. The molecule has 0 spiro atoms. The van der Waals surface area contributed by atoms with Crippen LogP contribution in [0.15, 0.2) is 48.7 Å². The van der Waals surface area contributed by atoms with Gasteiger partial charge in [0.15, 0.2) is 11.5 Å². The summed E-state index contributed by atoms with van der Waals surface area (Å²) in [5.74, 6) is 3.82. The molecule has 3 aromatic heterocycles. The maximum Gasteiger partial charge on any atom is 0.181 e. The number of aromatic amines is 1. The molecule has 3 fully saturated rings. The minimum absolute atomic E-state index is 0.576. The van der Waals surface area contributed by atoms with E-state index < -0.39 is 0 Å². The molecule has 0 aliphatic heterocycles. The van der Waals surface area contributed by atoms with Crippen LogP contribution in [0.1, 0.15) is 38.3 Å². The lowest BCUT2D eigenvalue weighted by Gasteiger charge is -2.47. The summed E-state index contributed by atoms with van der Waals surface area (Å²) in [6, 6.07) is 14.4. The number of benzene rings is 1. The number of nitrogens with one attached hydrogen (secondary N) is 1. The van der Waals surface area contributed by atoms with Crippen molar-refractivity contribution >= 4 is 22.6 Å². The molecule has 5 nitrogen and oxygen atoms in total. The number of H-pyrrole nitrogens is 1. The summed E-state index contributed by atoms with van der Waals surface area (Å²) in [6.07, 6.45) is 8.17. The van der Waals surface area contributed by atoms with Crippen molar-refractivity contribution in [3.8, 4) is 22.8 Å². The van der Waals surface area contributed by atoms with E-state index in [0.29, 0.717) is 22.4 Å². The van der Waals surface area contributed by atoms with Gasteiger partial charge in [-0.2, -0.15) is 5.10 Å². The normalized spacial score (nSPS) is 24.8. The molecule has 3 saturated carbocycles. The number of aromatic nitrogens is 5. The molecule has 6 heteroatoms. The summed E-state index contributed by atoms with van der Waals surface area (Å²) >= 11 is 6.23. The summed E-state index contributed by atoms with van der Waals surface area (Å²) in [5, 5.41) is 8.88. The molecule has 0 radical (unpaired) electrons. The van der Waals surface area contributed by atoms with Gasteiger partial charge in [0.1, 0.15) is 5.69 Å². The second-order valence-electron chi connectivity index (χ2n) is 9.46. The Bertz CT molecular complexity index is 1260. The van der Waals surface area contributed by atoms with Gasteiger partial charge < -0.3 is 0 Å². The maximum atomic E-state index is 6.23. The van der Waals surface area contributed by atoms with Gasteiger partial charge in [-0.3, -0.25) is 5.10 Å². The van der Waals surface area contributed by atoms with Crippen molar-refractivity contribution in [1.82, 2.24) is 25.1 Å². The highest BCUT2D eigenvalue weighted by Gasteiger charge is 2.41. The number of pyridine rings is 1. The third-order valence-electron chi connectivity index (χ3n) is 7.73. The Morgan fingerprint density at radius 3 is 2.56 bits per heavy atom. The number of nitrogens with zero attached hydrogens (tertiary/aromatic N) is 4. The lowest BCUT2D eigenvalue weighted by molar-refractivity contribution is 0.0339. The molecule has 0 unspecified atom stereocenters.